The van der Waals surface area contributed by atoms with Gasteiger partial charge in [-0.05, 0) is 0 Å². The molecule has 0 atom stereocenters. The van der Waals surface area contributed by atoms with E-state index in [2.05, 4.69) is 85.4 Å². The fourth-order valence-corrected chi connectivity index (χ4v) is 3.49. The third kappa shape index (κ3) is 4.78. The zero-order chi connectivity index (χ0) is 15.1. The Morgan fingerprint density at radius 3 is 1.96 bits per heavy atom. The van der Waals surface area contributed by atoms with Gasteiger partial charge in [0.1, 0.15) is 0 Å². The van der Waals surface area contributed by atoms with Gasteiger partial charge >= 0.3 is 139 Å². The van der Waals surface area contributed by atoms with Crippen molar-refractivity contribution < 1.29 is 61.8 Å². The standard InChI is InChI=1S/C17H22ClN.3ClH.Ti/c1-12-10-11-13(2)16(12)14-8-6-7-9-15(14)19(18)17(3,4)5;;;;/h6-8,10-11H,9H2,1-5H3;3*1H;/q+1;;;;/p-3. The van der Waals surface area contributed by atoms with Crippen LogP contribution < -0.4 is 37.2 Å². The third-order valence-corrected chi connectivity index (χ3v) is 6.38. The van der Waals surface area contributed by atoms with Crippen LogP contribution >= 0.6 is 11.8 Å². The molecule has 0 aromatic carbocycles. The second kappa shape index (κ2) is 9.27. The molecule has 0 spiro atoms. The first-order valence-corrected chi connectivity index (χ1v) is 8.11. The number of hydrogen-bond acceptors (Lipinski definition) is 0. The summed E-state index contributed by atoms with van der Waals surface area (Å²) in [5.41, 5.74) is 5.21. The molecule has 0 bridgehead atoms. The van der Waals surface area contributed by atoms with Crippen molar-refractivity contribution in [1.29, 1.82) is 0 Å². The molecule has 0 saturated heterocycles. The Balaban J connectivity index is 0. The molecule has 1 nitrogen and oxygen atoms in total. The van der Waals surface area contributed by atoms with Crippen LogP contribution in [0.1, 0.15) is 41.0 Å². The van der Waals surface area contributed by atoms with Crippen molar-refractivity contribution in [3.05, 3.63) is 47.1 Å². The molecule has 0 radical (unpaired) electrons. The van der Waals surface area contributed by atoms with Crippen molar-refractivity contribution in [3.8, 4) is 0 Å². The van der Waals surface area contributed by atoms with Crippen LogP contribution in [0.2, 0.25) is 3.72 Å². The molecule has 0 aromatic heterocycles. The van der Waals surface area contributed by atoms with E-state index < -0.39 is 0 Å². The maximum Gasteiger partial charge on any atom is -1.00 e. The molecule has 0 N–H and O–H groups in total. The first-order chi connectivity index (χ1) is 9.19. The Labute approximate surface area is 175 Å². The summed E-state index contributed by atoms with van der Waals surface area (Å²) in [6.07, 6.45) is 11.9. The van der Waals surface area contributed by atoms with Gasteiger partial charge in [-0.15, -0.1) is 0 Å². The Morgan fingerprint density at radius 2 is 1.52 bits per heavy atom. The number of rotatable bonds is 1. The summed E-state index contributed by atoms with van der Waals surface area (Å²) >= 11 is 8.95. The van der Waals surface area contributed by atoms with Gasteiger partial charge in [0.25, 0.3) is 0 Å². The Kier molecular flexibility index (Phi) is 10.4. The molecule has 0 aliphatic heterocycles. The van der Waals surface area contributed by atoms with E-state index in [0.717, 1.165) is 6.42 Å². The van der Waals surface area contributed by atoms with Crippen molar-refractivity contribution in [2.75, 3.05) is 0 Å². The fourth-order valence-electron chi connectivity index (χ4n) is 2.72. The predicted molar refractivity (Wildman–Crippen MR) is 82.9 cm³/mol. The Bertz CT molecular complexity index is 574. The molecule has 2 aliphatic carbocycles. The summed E-state index contributed by atoms with van der Waals surface area (Å²) < 4.78 is 1.88. The average Bonchev–Trinajstić information content (AvgIpc) is 2.65. The molecular weight excluding hydrogens is 408 g/mol. The quantitative estimate of drug-likeness (QED) is 0.294. The first-order valence-electron chi connectivity index (χ1n) is 6.99. The number of allylic oxidation sites excluding steroid dienone is 8. The van der Waals surface area contributed by atoms with Gasteiger partial charge in [0.2, 0.25) is 0 Å². The number of hydrogen-bond donors (Lipinski definition) is 0. The van der Waals surface area contributed by atoms with Crippen molar-refractivity contribution in [3.63, 3.8) is 0 Å². The van der Waals surface area contributed by atoms with Crippen LogP contribution in [0.25, 0.3) is 0 Å². The molecular formula is C17H22Cl4NTi-2. The van der Waals surface area contributed by atoms with Crippen molar-refractivity contribution >= 4 is 17.5 Å². The van der Waals surface area contributed by atoms with E-state index in [1.54, 1.807) is 0 Å². The normalized spacial score (nSPS) is 21.0. The maximum absolute atomic E-state index is 6.65. The maximum atomic E-state index is 6.65. The van der Waals surface area contributed by atoms with Crippen LogP contribution in [0.3, 0.4) is 0 Å². The van der Waals surface area contributed by atoms with Crippen LogP contribution in [0.5, 0.6) is 0 Å². The van der Waals surface area contributed by atoms with Crippen molar-refractivity contribution in [2.45, 2.75) is 50.3 Å². The van der Waals surface area contributed by atoms with E-state index in [1.807, 2.05) is 4.09 Å². The monoisotopic (exact) mass is 428 g/mol. The number of halogens is 4. The molecule has 0 saturated carbocycles. The predicted octanol–water partition coefficient (Wildman–Crippen LogP) is -4.10. The van der Waals surface area contributed by atoms with Gasteiger partial charge in [0, 0.05) is 0 Å². The van der Waals surface area contributed by atoms with Crippen molar-refractivity contribution in [2.24, 2.45) is 0 Å². The van der Waals surface area contributed by atoms with Gasteiger partial charge in [-0.3, -0.25) is 0 Å². The summed E-state index contributed by atoms with van der Waals surface area (Å²) in [5.74, 6) is 0. The van der Waals surface area contributed by atoms with Gasteiger partial charge in [-0.25, -0.2) is 0 Å². The second-order valence-electron chi connectivity index (χ2n) is 6.56. The number of nitrogens with zero attached hydrogens (tertiary/aromatic N) is 1. The summed E-state index contributed by atoms with van der Waals surface area (Å²) in [6, 6.07) is 0. The molecule has 0 amide bonds. The van der Waals surface area contributed by atoms with Crippen molar-refractivity contribution in [1.82, 2.24) is 0 Å². The van der Waals surface area contributed by atoms with E-state index in [1.165, 1.54) is 22.4 Å². The van der Waals surface area contributed by atoms with Gasteiger partial charge < -0.3 is 37.2 Å². The van der Waals surface area contributed by atoms with Crippen LogP contribution in [0, 0.1) is 0 Å². The SMILES string of the molecule is CC1=CC=C(C)[C]1([Ti])C1=CC=CCC1=[N+](Cl)C(C)(C)C.[Cl-].[Cl-].[Cl-]. The molecule has 23 heavy (non-hydrogen) atoms. The minimum Gasteiger partial charge on any atom is -1.00 e. The molecule has 0 aromatic rings. The summed E-state index contributed by atoms with van der Waals surface area (Å²) in [7, 11) is 0. The van der Waals surface area contributed by atoms with Crippen LogP contribution in [0.15, 0.2) is 47.1 Å². The van der Waals surface area contributed by atoms with Gasteiger partial charge in [-0.2, -0.15) is 0 Å². The Hall–Kier alpha value is 0.504. The minimum atomic E-state index is -0.0919. The largest absolute Gasteiger partial charge is 1.00 e. The zero-order valence-corrected chi connectivity index (χ0v) is 18.6. The second-order valence-corrected chi connectivity index (χ2v) is 8.07. The molecule has 129 valence electrons. The molecule has 0 unspecified atom stereocenters. The van der Waals surface area contributed by atoms with Gasteiger partial charge in [0.15, 0.2) is 0 Å². The summed E-state index contributed by atoms with van der Waals surface area (Å²) in [5, 5.41) is 0. The zero-order valence-electron chi connectivity index (χ0n) is 14.1. The Morgan fingerprint density at radius 1 is 1.04 bits per heavy atom. The molecule has 2 rings (SSSR count). The molecule has 0 heterocycles. The molecule has 0 fully saturated rings. The van der Waals surface area contributed by atoms with E-state index in [-0.39, 0.29) is 46.5 Å². The van der Waals surface area contributed by atoms with E-state index in [4.69, 9.17) is 11.8 Å². The van der Waals surface area contributed by atoms with Gasteiger partial charge in [0.05, 0.1) is 0 Å². The topological polar surface area (TPSA) is 3.01 Å². The summed E-state index contributed by atoms with van der Waals surface area (Å²) in [4.78, 5) is 0. The first kappa shape index (κ1) is 25.7. The minimum absolute atomic E-state index is 0. The smallest absolute Gasteiger partial charge is 1.00 e. The van der Waals surface area contributed by atoms with Crippen LogP contribution in [0.4, 0.5) is 0 Å². The third-order valence-electron chi connectivity index (χ3n) is 4.02. The van der Waals surface area contributed by atoms with E-state index in [9.17, 15) is 0 Å². The molecule has 6 heteroatoms. The van der Waals surface area contributed by atoms with Crippen LogP contribution in [-0.2, 0) is 20.4 Å². The molecule has 2 aliphatic rings. The van der Waals surface area contributed by atoms with Crippen LogP contribution in [-0.4, -0.2) is 15.3 Å². The average molecular weight is 430 g/mol. The fraction of sp³-hybridized carbons (Fsp3) is 0.471. The van der Waals surface area contributed by atoms with E-state index >= 15 is 0 Å². The van der Waals surface area contributed by atoms with Gasteiger partial charge in [-0.1, -0.05) is 0 Å². The van der Waals surface area contributed by atoms with E-state index in [0.29, 0.717) is 0 Å². The summed E-state index contributed by atoms with van der Waals surface area (Å²) in [6.45, 7) is 10.8.